The molecule has 1 unspecified atom stereocenters. The van der Waals surface area contributed by atoms with Crippen molar-refractivity contribution in [3.8, 4) is 5.75 Å². The first-order valence-electron chi connectivity index (χ1n) is 6.56. The molecular weight excluding hydrogens is 256 g/mol. The summed E-state index contributed by atoms with van der Waals surface area (Å²) in [6, 6.07) is 7.61. The van der Waals surface area contributed by atoms with Gasteiger partial charge in [0.2, 0.25) is 0 Å². The number of imidazole rings is 1. The van der Waals surface area contributed by atoms with Crippen molar-refractivity contribution < 1.29 is 9.53 Å². The van der Waals surface area contributed by atoms with Crippen LogP contribution in [0.5, 0.6) is 5.75 Å². The quantitative estimate of drug-likeness (QED) is 0.866. The van der Waals surface area contributed by atoms with E-state index in [1.165, 1.54) is 0 Å². The zero-order valence-corrected chi connectivity index (χ0v) is 11.0. The summed E-state index contributed by atoms with van der Waals surface area (Å²) in [6.07, 6.45) is 4.81. The minimum Gasteiger partial charge on any atom is -0.477 e. The molecule has 0 saturated carbocycles. The summed E-state index contributed by atoms with van der Waals surface area (Å²) < 4.78 is 7.60. The average Bonchev–Trinajstić information content (AvgIpc) is 3.00. The van der Waals surface area contributed by atoms with Crippen LogP contribution in [0, 0.1) is 0 Å². The minimum absolute atomic E-state index is 0.105. The molecule has 6 nitrogen and oxygen atoms in total. The Bertz CT molecular complexity index is 583. The van der Waals surface area contributed by atoms with E-state index in [-0.39, 0.29) is 5.91 Å². The Morgan fingerprint density at radius 1 is 1.50 bits per heavy atom. The zero-order valence-electron chi connectivity index (χ0n) is 11.0. The summed E-state index contributed by atoms with van der Waals surface area (Å²) in [5.41, 5.74) is 0.926. The summed E-state index contributed by atoms with van der Waals surface area (Å²) in [5.74, 6) is 0.612. The molecule has 2 heterocycles. The molecule has 20 heavy (non-hydrogen) atoms. The van der Waals surface area contributed by atoms with Crippen LogP contribution in [-0.2, 0) is 11.3 Å². The van der Waals surface area contributed by atoms with Crippen molar-refractivity contribution >= 4 is 11.6 Å². The van der Waals surface area contributed by atoms with Crippen LogP contribution in [0.3, 0.4) is 0 Å². The van der Waals surface area contributed by atoms with Crippen molar-refractivity contribution in [3.05, 3.63) is 43.0 Å². The highest BCUT2D eigenvalue weighted by atomic mass is 16.5. The molecule has 1 aliphatic heterocycles. The average molecular weight is 272 g/mol. The van der Waals surface area contributed by atoms with E-state index in [4.69, 9.17) is 4.74 Å². The van der Waals surface area contributed by atoms with Gasteiger partial charge < -0.3 is 19.9 Å². The number of hydrogen-bond donors (Lipinski definition) is 2. The number of nitrogens with zero attached hydrogens (tertiary/aromatic N) is 2. The molecule has 6 heteroatoms. The van der Waals surface area contributed by atoms with Gasteiger partial charge in [0.1, 0.15) is 5.75 Å². The molecule has 1 aliphatic rings. The van der Waals surface area contributed by atoms with E-state index < -0.39 is 6.10 Å². The highest BCUT2D eigenvalue weighted by Gasteiger charge is 2.25. The standard InChI is InChI=1S/C14H16N4O2/c19-14(16-6-8-18-7-5-15-10-18)13-9-17-11-3-1-2-4-12(11)20-13/h1-5,7,10,13,17H,6,8-9H2,(H,16,19). The fourth-order valence-electron chi connectivity index (χ4n) is 2.10. The van der Waals surface area contributed by atoms with Gasteiger partial charge in [0, 0.05) is 25.5 Å². The second kappa shape index (κ2) is 5.64. The Kier molecular flexibility index (Phi) is 3.54. The van der Waals surface area contributed by atoms with Crippen LogP contribution >= 0.6 is 0 Å². The maximum atomic E-state index is 12.0. The van der Waals surface area contributed by atoms with Gasteiger partial charge in [-0.2, -0.15) is 0 Å². The predicted molar refractivity (Wildman–Crippen MR) is 74.6 cm³/mol. The van der Waals surface area contributed by atoms with E-state index >= 15 is 0 Å². The van der Waals surface area contributed by atoms with Crippen LogP contribution in [-0.4, -0.2) is 34.7 Å². The van der Waals surface area contributed by atoms with Gasteiger partial charge in [-0.25, -0.2) is 4.98 Å². The highest BCUT2D eigenvalue weighted by molar-refractivity contribution is 5.83. The molecule has 2 N–H and O–H groups in total. The fourth-order valence-corrected chi connectivity index (χ4v) is 2.10. The van der Waals surface area contributed by atoms with Gasteiger partial charge >= 0.3 is 0 Å². The van der Waals surface area contributed by atoms with Gasteiger partial charge in [0.05, 0.1) is 18.6 Å². The lowest BCUT2D eigenvalue weighted by molar-refractivity contribution is -0.127. The van der Waals surface area contributed by atoms with Gasteiger partial charge in [-0.3, -0.25) is 4.79 Å². The van der Waals surface area contributed by atoms with Crippen LogP contribution in [0.2, 0.25) is 0 Å². The summed E-state index contributed by atoms with van der Waals surface area (Å²) >= 11 is 0. The van der Waals surface area contributed by atoms with Gasteiger partial charge in [-0.05, 0) is 12.1 Å². The van der Waals surface area contributed by atoms with E-state index in [1.54, 1.807) is 12.5 Å². The van der Waals surface area contributed by atoms with Crippen LogP contribution in [0.25, 0.3) is 0 Å². The number of carbonyl (C=O) groups excluding carboxylic acids is 1. The third-order valence-electron chi connectivity index (χ3n) is 3.16. The van der Waals surface area contributed by atoms with E-state index in [0.717, 1.165) is 5.69 Å². The van der Waals surface area contributed by atoms with Crippen LogP contribution < -0.4 is 15.4 Å². The molecule has 0 fully saturated rings. The third-order valence-corrected chi connectivity index (χ3v) is 3.16. The monoisotopic (exact) mass is 272 g/mol. The smallest absolute Gasteiger partial charge is 0.263 e. The van der Waals surface area contributed by atoms with E-state index in [1.807, 2.05) is 35.0 Å². The molecule has 2 aromatic rings. The Balaban J connectivity index is 1.51. The van der Waals surface area contributed by atoms with Crippen molar-refractivity contribution in [2.45, 2.75) is 12.6 Å². The van der Waals surface area contributed by atoms with E-state index in [0.29, 0.717) is 25.4 Å². The first kappa shape index (κ1) is 12.5. The van der Waals surface area contributed by atoms with E-state index in [9.17, 15) is 4.79 Å². The van der Waals surface area contributed by atoms with Gasteiger partial charge in [-0.1, -0.05) is 12.1 Å². The lowest BCUT2D eigenvalue weighted by atomic mass is 10.2. The topological polar surface area (TPSA) is 68.2 Å². The number of nitrogens with one attached hydrogen (secondary N) is 2. The van der Waals surface area contributed by atoms with Crippen molar-refractivity contribution in [2.75, 3.05) is 18.4 Å². The molecule has 1 amide bonds. The lowest BCUT2D eigenvalue weighted by Crippen LogP contribution is -2.45. The first-order valence-corrected chi connectivity index (χ1v) is 6.56. The van der Waals surface area contributed by atoms with E-state index in [2.05, 4.69) is 15.6 Å². The third kappa shape index (κ3) is 2.74. The fraction of sp³-hybridized carbons (Fsp3) is 0.286. The van der Waals surface area contributed by atoms with Crippen molar-refractivity contribution in [2.24, 2.45) is 0 Å². The van der Waals surface area contributed by atoms with Gasteiger partial charge in [0.15, 0.2) is 6.10 Å². The molecule has 3 rings (SSSR count). The molecule has 0 aliphatic carbocycles. The molecule has 104 valence electrons. The Hall–Kier alpha value is -2.50. The Morgan fingerprint density at radius 3 is 3.25 bits per heavy atom. The van der Waals surface area contributed by atoms with Crippen LogP contribution in [0.4, 0.5) is 5.69 Å². The summed E-state index contributed by atoms with van der Waals surface area (Å²) in [7, 11) is 0. The molecular formula is C14H16N4O2. The number of ether oxygens (including phenoxy) is 1. The summed E-state index contributed by atoms with van der Waals surface area (Å²) in [5, 5.41) is 6.07. The molecule has 1 atom stereocenters. The van der Waals surface area contributed by atoms with Crippen molar-refractivity contribution in [3.63, 3.8) is 0 Å². The maximum absolute atomic E-state index is 12.0. The number of para-hydroxylation sites is 2. The van der Waals surface area contributed by atoms with Crippen molar-refractivity contribution in [1.82, 2.24) is 14.9 Å². The van der Waals surface area contributed by atoms with Gasteiger partial charge in [0.25, 0.3) is 5.91 Å². The number of hydrogen-bond acceptors (Lipinski definition) is 4. The molecule has 1 aromatic heterocycles. The lowest BCUT2D eigenvalue weighted by Gasteiger charge is -2.26. The Morgan fingerprint density at radius 2 is 2.40 bits per heavy atom. The minimum atomic E-state index is -0.493. The second-order valence-electron chi connectivity index (χ2n) is 4.58. The number of fused-ring (bicyclic) bond motifs is 1. The van der Waals surface area contributed by atoms with Crippen LogP contribution in [0.15, 0.2) is 43.0 Å². The highest BCUT2D eigenvalue weighted by Crippen LogP contribution is 2.28. The zero-order chi connectivity index (χ0) is 13.8. The number of benzene rings is 1. The molecule has 0 saturated heterocycles. The largest absolute Gasteiger partial charge is 0.477 e. The van der Waals surface area contributed by atoms with Crippen LogP contribution in [0.1, 0.15) is 0 Å². The SMILES string of the molecule is O=C(NCCn1ccnc1)C1CNc2ccccc2O1. The maximum Gasteiger partial charge on any atom is 0.263 e. The number of carbonyl (C=O) groups is 1. The summed E-state index contributed by atoms with van der Waals surface area (Å²) in [6.45, 7) is 1.73. The Labute approximate surface area is 116 Å². The molecule has 0 spiro atoms. The molecule has 0 radical (unpaired) electrons. The van der Waals surface area contributed by atoms with Crippen molar-refractivity contribution in [1.29, 1.82) is 0 Å². The molecule has 1 aromatic carbocycles. The molecule has 0 bridgehead atoms. The van der Waals surface area contributed by atoms with Gasteiger partial charge in [-0.15, -0.1) is 0 Å². The number of anilines is 1. The predicted octanol–water partition coefficient (Wildman–Crippen LogP) is 0.872. The number of rotatable bonds is 4. The first-order chi connectivity index (χ1) is 9.83. The number of aromatic nitrogens is 2. The number of amides is 1. The summed E-state index contributed by atoms with van der Waals surface area (Å²) in [4.78, 5) is 16.0. The second-order valence-corrected chi connectivity index (χ2v) is 4.58. The normalized spacial score (nSPS) is 16.7.